The molecule has 0 aliphatic rings. The maximum atomic E-state index is 11.6. The van der Waals surface area contributed by atoms with E-state index in [1.165, 1.54) is 32.1 Å². The van der Waals surface area contributed by atoms with Gasteiger partial charge in [0.2, 0.25) is 5.78 Å². The van der Waals surface area contributed by atoms with E-state index >= 15 is 0 Å². The van der Waals surface area contributed by atoms with Gasteiger partial charge < -0.3 is 0 Å². The van der Waals surface area contributed by atoms with Crippen molar-refractivity contribution in [3.05, 3.63) is 35.9 Å². The monoisotopic (exact) mass is 256 g/mol. The third-order valence-corrected chi connectivity index (χ3v) is 3.13. The zero-order valence-corrected chi connectivity index (χ0v) is 12.0. The Bertz CT molecular complexity index is 408. The highest BCUT2D eigenvalue weighted by atomic mass is 16.1. The quantitative estimate of drug-likeness (QED) is 0.484. The summed E-state index contributed by atoms with van der Waals surface area (Å²) in [7, 11) is 0. The molecule has 19 heavy (non-hydrogen) atoms. The lowest BCUT2D eigenvalue weighted by molar-refractivity contribution is -0.113. The summed E-state index contributed by atoms with van der Waals surface area (Å²) in [5.74, 6) is 5.70. The fourth-order valence-corrected chi connectivity index (χ4v) is 1.97. The van der Waals surface area contributed by atoms with Crippen molar-refractivity contribution in [1.29, 1.82) is 0 Å². The number of rotatable bonds is 8. The molecule has 0 N–H and O–H groups in total. The molecule has 0 spiro atoms. The number of benzene rings is 1. The van der Waals surface area contributed by atoms with E-state index in [-0.39, 0.29) is 5.78 Å². The van der Waals surface area contributed by atoms with Gasteiger partial charge in [0.05, 0.1) is 0 Å². The standard InChI is InChI=1S/C18H24O/c1-2-3-4-5-6-7-11-14-18(19)16-15-17-12-9-8-10-13-17/h8-10,12-13H,2-7,11,14H2,1H3. The van der Waals surface area contributed by atoms with Crippen LogP contribution in [0.1, 0.15) is 63.9 Å². The molecule has 1 heteroatoms. The zero-order valence-electron chi connectivity index (χ0n) is 12.0. The summed E-state index contributed by atoms with van der Waals surface area (Å²) in [6.45, 7) is 2.23. The molecule has 0 unspecified atom stereocenters. The second-order valence-electron chi connectivity index (χ2n) is 4.91. The normalized spacial score (nSPS) is 9.74. The van der Waals surface area contributed by atoms with Gasteiger partial charge >= 0.3 is 0 Å². The predicted molar refractivity (Wildman–Crippen MR) is 80.9 cm³/mol. The predicted octanol–water partition coefficient (Wildman–Crippen LogP) is 4.75. The van der Waals surface area contributed by atoms with E-state index in [0.29, 0.717) is 6.42 Å². The van der Waals surface area contributed by atoms with Crippen LogP contribution in [0.3, 0.4) is 0 Å². The molecule has 0 saturated heterocycles. The van der Waals surface area contributed by atoms with Crippen molar-refractivity contribution >= 4 is 5.78 Å². The van der Waals surface area contributed by atoms with Crippen molar-refractivity contribution in [1.82, 2.24) is 0 Å². The molecule has 0 aromatic heterocycles. The maximum Gasteiger partial charge on any atom is 0.205 e. The molecule has 0 aliphatic carbocycles. The van der Waals surface area contributed by atoms with Gasteiger partial charge in [-0.2, -0.15) is 0 Å². The summed E-state index contributed by atoms with van der Waals surface area (Å²) in [5.41, 5.74) is 0.912. The maximum absolute atomic E-state index is 11.6. The Morgan fingerprint density at radius 1 is 0.947 bits per heavy atom. The van der Waals surface area contributed by atoms with Crippen molar-refractivity contribution in [2.24, 2.45) is 0 Å². The van der Waals surface area contributed by atoms with E-state index in [9.17, 15) is 4.79 Å². The lowest BCUT2D eigenvalue weighted by Crippen LogP contribution is -1.93. The Hall–Kier alpha value is -1.55. The minimum absolute atomic E-state index is 0.0670. The van der Waals surface area contributed by atoms with Crippen molar-refractivity contribution < 1.29 is 4.79 Å². The number of unbranched alkanes of at least 4 members (excludes halogenated alkanes) is 6. The van der Waals surface area contributed by atoms with Crippen molar-refractivity contribution in [2.75, 3.05) is 0 Å². The van der Waals surface area contributed by atoms with Crippen LogP contribution >= 0.6 is 0 Å². The van der Waals surface area contributed by atoms with E-state index in [1.807, 2.05) is 30.3 Å². The first-order valence-electron chi connectivity index (χ1n) is 7.43. The van der Waals surface area contributed by atoms with Gasteiger partial charge in [-0.25, -0.2) is 0 Å². The first-order valence-corrected chi connectivity index (χ1v) is 7.43. The number of carbonyl (C=O) groups is 1. The van der Waals surface area contributed by atoms with Crippen LogP contribution in [-0.4, -0.2) is 5.78 Å². The van der Waals surface area contributed by atoms with Gasteiger partial charge in [-0.3, -0.25) is 4.79 Å². The van der Waals surface area contributed by atoms with Gasteiger partial charge in [-0.15, -0.1) is 0 Å². The van der Waals surface area contributed by atoms with Gasteiger partial charge in [0.25, 0.3) is 0 Å². The summed E-state index contributed by atoms with van der Waals surface area (Å²) >= 11 is 0. The van der Waals surface area contributed by atoms with Crippen molar-refractivity contribution in [2.45, 2.75) is 58.3 Å². The number of hydrogen-bond donors (Lipinski definition) is 0. The van der Waals surface area contributed by atoms with Crippen LogP contribution in [0.15, 0.2) is 30.3 Å². The van der Waals surface area contributed by atoms with Crippen molar-refractivity contribution in [3.8, 4) is 11.8 Å². The Morgan fingerprint density at radius 2 is 1.58 bits per heavy atom. The highest BCUT2D eigenvalue weighted by Crippen LogP contribution is 2.08. The Morgan fingerprint density at radius 3 is 2.26 bits per heavy atom. The zero-order chi connectivity index (χ0) is 13.8. The summed E-state index contributed by atoms with van der Waals surface area (Å²) in [4.78, 5) is 11.6. The molecule has 102 valence electrons. The molecule has 0 bridgehead atoms. The first kappa shape index (κ1) is 15.5. The summed E-state index contributed by atoms with van der Waals surface area (Å²) < 4.78 is 0. The molecule has 0 saturated carbocycles. The Labute approximate surface area is 117 Å². The van der Waals surface area contributed by atoms with Crippen LogP contribution < -0.4 is 0 Å². The smallest absolute Gasteiger partial charge is 0.205 e. The molecule has 0 atom stereocenters. The number of carbonyl (C=O) groups excluding carboxylic acids is 1. The minimum Gasteiger partial charge on any atom is -0.285 e. The first-order chi connectivity index (χ1) is 9.33. The van der Waals surface area contributed by atoms with Gasteiger partial charge in [0.1, 0.15) is 0 Å². The Balaban J connectivity index is 2.10. The van der Waals surface area contributed by atoms with Gasteiger partial charge in [0.15, 0.2) is 0 Å². The number of ketones is 1. The average Bonchev–Trinajstić information content (AvgIpc) is 2.45. The molecule has 0 aliphatic heterocycles. The third-order valence-electron chi connectivity index (χ3n) is 3.13. The lowest BCUT2D eigenvalue weighted by atomic mass is 10.1. The molecule has 1 nitrogen and oxygen atoms in total. The third kappa shape index (κ3) is 8.21. The lowest BCUT2D eigenvalue weighted by Gasteiger charge is -1.98. The molecule has 0 fully saturated rings. The Kier molecular flexibility index (Phi) is 8.47. The average molecular weight is 256 g/mol. The van der Waals surface area contributed by atoms with Gasteiger partial charge in [-0.05, 0) is 24.5 Å². The van der Waals surface area contributed by atoms with E-state index in [1.54, 1.807) is 0 Å². The minimum atomic E-state index is 0.0670. The van der Waals surface area contributed by atoms with Crippen LogP contribution in [-0.2, 0) is 4.79 Å². The van der Waals surface area contributed by atoms with Crippen LogP contribution in [0.25, 0.3) is 0 Å². The van der Waals surface area contributed by atoms with E-state index in [4.69, 9.17) is 0 Å². The molecule has 0 radical (unpaired) electrons. The van der Waals surface area contributed by atoms with Gasteiger partial charge in [-0.1, -0.05) is 69.6 Å². The number of Topliss-reactive ketones (excluding diaryl/α,β-unsaturated/α-hetero) is 1. The number of hydrogen-bond acceptors (Lipinski definition) is 1. The molecule has 1 rings (SSSR count). The van der Waals surface area contributed by atoms with Gasteiger partial charge in [0, 0.05) is 12.0 Å². The highest BCUT2D eigenvalue weighted by Gasteiger charge is 1.97. The molecular formula is C18H24O. The molecular weight excluding hydrogens is 232 g/mol. The topological polar surface area (TPSA) is 17.1 Å². The van der Waals surface area contributed by atoms with Crippen LogP contribution in [0, 0.1) is 11.8 Å². The molecule has 0 amide bonds. The van der Waals surface area contributed by atoms with Crippen molar-refractivity contribution in [3.63, 3.8) is 0 Å². The summed E-state index contributed by atoms with van der Waals surface area (Å²) in [6, 6.07) is 9.67. The summed E-state index contributed by atoms with van der Waals surface area (Å²) in [5, 5.41) is 0. The fraction of sp³-hybridized carbons (Fsp3) is 0.500. The summed E-state index contributed by atoms with van der Waals surface area (Å²) in [6.07, 6.45) is 9.24. The highest BCUT2D eigenvalue weighted by molar-refractivity contribution is 5.95. The largest absolute Gasteiger partial charge is 0.285 e. The van der Waals surface area contributed by atoms with E-state index < -0.39 is 0 Å². The second kappa shape index (κ2) is 10.4. The molecule has 1 aromatic rings. The molecule has 1 aromatic carbocycles. The van der Waals surface area contributed by atoms with E-state index in [2.05, 4.69) is 18.8 Å². The van der Waals surface area contributed by atoms with E-state index in [0.717, 1.165) is 18.4 Å². The fourth-order valence-electron chi connectivity index (χ4n) is 1.97. The molecule has 0 heterocycles. The van der Waals surface area contributed by atoms with Crippen LogP contribution in [0.4, 0.5) is 0 Å². The SMILES string of the molecule is CCCCCCCCCC(=O)C#Cc1ccccc1. The van der Waals surface area contributed by atoms with Crippen LogP contribution in [0.5, 0.6) is 0 Å². The van der Waals surface area contributed by atoms with Crippen LogP contribution in [0.2, 0.25) is 0 Å². The second-order valence-corrected chi connectivity index (χ2v) is 4.91.